The third-order valence-electron chi connectivity index (χ3n) is 5.35. The molecule has 1 aromatic rings. The molecular weight excluding hydrogens is 292 g/mol. The summed E-state index contributed by atoms with van der Waals surface area (Å²) >= 11 is 0. The number of ether oxygens (including phenoxy) is 2. The SMILES string of the molecule is C[C@H]1Cc2cc(C3CN4CCNCC4(C)CO3)ccc2C(=O)O1. The molecule has 124 valence electrons. The molecule has 3 heterocycles. The van der Waals surface area contributed by atoms with Crippen molar-refractivity contribution in [1.82, 2.24) is 10.2 Å². The largest absolute Gasteiger partial charge is 0.459 e. The van der Waals surface area contributed by atoms with Gasteiger partial charge >= 0.3 is 5.97 Å². The standard InChI is InChI=1S/C18H24N2O3/c1-12-7-14-8-13(3-4-15(14)17(21)23-12)16-9-20-6-5-19-10-18(20,2)11-22-16/h3-4,8,12,16,19H,5-7,9-11H2,1-2H3/t12-,16?,18?/m0/s1. The van der Waals surface area contributed by atoms with Gasteiger partial charge in [-0.2, -0.15) is 0 Å². The highest BCUT2D eigenvalue weighted by Crippen LogP contribution is 2.33. The normalized spacial score (nSPS) is 34.4. The Morgan fingerprint density at radius 1 is 1.39 bits per heavy atom. The molecule has 0 aromatic heterocycles. The third kappa shape index (κ3) is 2.67. The van der Waals surface area contributed by atoms with Crippen LogP contribution in [0.4, 0.5) is 0 Å². The Bertz CT molecular complexity index is 633. The van der Waals surface area contributed by atoms with Crippen molar-refractivity contribution >= 4 is 5.97 Å². The van der Waals surface area contributed by atoms with E-state index in [9.17, 15) is 4.79 Å². The van der Waals surface area contributed by atoms with Crippen molar-refractivity contribution in [1.29, 1.82) is 0 Å². The number of morpholine rings is 1. The van der Waals surface area contributed by atoms with Crippen LogP contribution < -0.4 is 5.32 Å². The number of carbonyl (C=O) groups excluding carboxylic acids is 1. The van der Waals surface area contributed by atoms with Gasteiger partial charge in [0.25, 0.3) is 0 Å². The van der Waals surface area contributed by atoms with Gasteiger partial charge in [0, 0.05) is 32.6 Å². The van der Waals surface area contributed by atoms with Crippen LogP contribution in [0.1, 0.15) is 41.4 Å². The van der Waals surface area contributed by atoms with Crippen molar-refractivity contribution in [3.05, 3.63) is 34.9 Å². The van der Waals surface area contributed by atoms with Crippen molar-refractivity contribution in [2.24, 2.45) is 0 Å². The van der Waals surface area contributed by atoms with Crippen LogP contribution in [-0.2, 0) is 15.9 Å². The smallest absolute Gasteiger partial charge is 0.338 e. The number of cyclic esters (lactones) is 1. The van der Waals surface area contributed by atoms with Gasteiger partial charge in [-0.25, -0.2) is 4.79 Å². The fourth-order valence-electron chi connectivity index (χ4n) is 3.92. The van der Waals surface area contributed by atoms with E-state index in [2.05, 4.69) is 23.2 Å². The summed E-state index contributed by atoms with van der Waals surface area (Å²) in [4.78, 5) is 14.5. The number of esters is 1. The quantitative estimate of drug-likeness (QED) is 0.796. The zero-order valence-electron chi connectivity index (χ0n) is 13.8. The maximum absolute atomic E-state index is 11.9. The molecule has 0 bridgehead atoms. The zero-order chi connectivity index (χ0) is 16.0. The van der Waals surface area contributed by atoms with Crippen LogP contribution >= 0.6 is 0 Å². The van der Waals surface area contributed by atoms with Crippen LogP contribution in [0, 0.1) is 0 Å². The summed E-state index contributed by atoms with van der Waals surface area (Å²) < 4.78 is 11.5. The number of carbonyl (C=O) groups is 1. The number of hydrogen-bond donors (Lipinski definition) is 1. The number of nitrogens with zero attached hydrogens (tertiary/aromatic N) is 1. The molecule has 2 fully saturated rings. The van der Waals surface area contributed by atoms with E-state index in [1.807, 2.05) is 19.1 Å². The average Bonchev–Trinajstić information content (AvgIpc) is 2.53. The highest BCUT2D eigenvalue weighted by atomic mass is 16.5. The van der Waals surface area contributed by atoms with Gasteiger partial charge in [-0.05, 0) is 31.0 Å². The molecule has 1 aromatic carbocycles. The minimum atomic E-state index is -0.204. The minimum Gasteiger partial charge on any atom is -0.459 e. The number of fused-ring (bicyclic) bond motifs is 2. The summed E-state index contributed by atoms with van der Waals surface area (Å²) in [7, 11) is 0. The Morgan fingerprint density at radius 2 is 2.26 bits per heavy atom. The monoisotopic (exact) mass is 316 g/mol. The highest BCUT2D eigenvalue weighted by molar-refractivity contribution is 5.92. The van der Waals surface area contributed by atoms with Crippen molar-refractivity contribution in [2.45, 2.75) is 38.0 Å². The summed E-state index contributed by atoms with van der Waals surface area (Å²) in [5.41, 5.74) is 3.06. The summed E-state index contributed by atoms with van der Waals surface area (Å²) in [6.45, 7) is 8.93. The van der Waals surface area contributed by atoms with E-state index >= 15 is 0 Å². The molecule has 2 saturated heterocycles. The Labute approximate surface area is 136 Å². The van der Waals surface area contributed by atoms with Crippen LogP contribution in [0.25, 0.3) is 0 Å². The number of hydrogen-bond acceptors (Lipinski definition) is 5. The van der Waals surface area contributed by atoms with E-state index in [4.69, 9.17) is 9.47 Å². The van der Waals surface area contributed by atoms with Gasteiger partial charge < -0.3 is 14.8 Å². The first-order chi connectivity index (χ1) is 11.0. The molecule has 0 amide bonds. The maximum Gasteiger partial charge on any atom is 0.338 e. The Kier molecular flexibility index (Phi) is 3.67. The molecular formula is C18H24N2O3. The lowest BCUT2D eigenvalue weighted by Crippen LogP contribution is -2.65. The first-order valence-corrected chi connectivity index (χ1v) is 8.46. The van der Waals surface area contributed by atoms with E-state index in [-0.39, 0.29) is 23.7 Å². The average molecular weight is 316 g/mol. The predicted molar refractivity (Wildman–Crippen MR) is 86.6 cm³/mol. The van der Waals surface area contributed by atoms with Gasteiger partial charge in [-0.3, -0.25) is 4.90 Å². The van der Waals surface area contributed by atoms with Crippen molar-refractivity contribution < 1.29 is 14.3 Å². The second-order valence-electron chi connectivity index (χ2n) is 7.26. The number of benzene rings is 1. The minimum absolute atomic E-state index is 0.0472. The number of nitrogens with one attached hydrogen (secondary N) is 1. The van der Waals surface area contributed by atoms with E-state index in [0.717, 1.165) is 44.8 Å². The van der Waals surface area contributed by atoms with E-state index in [1.165, 1.54) is 5.56 Å². The van der Waals surface area contributed by atoms with Crippen LogP contribution in [-0.4, -0.2) is 55.3 Å². The van der Waals surface area contributed by atoms with Crippen LogP contribution in [0.15, 0.2) is 18.2 Å². The van der Waals surface area contributed by atoms with Gasteiger partial charge in [0.2, 0.25) is 0 Å². The third-order valence-corrected chi connectivity index (χ3v) is 5.35. The zero-order valence-corrected chi connectivity index (χ0v) is 13.8. The first-order valence-electron chi connectivity index (χ1n) is 8.46. The Morgan fingerprint density at radius 3 is 3.13 bits per heavy atom. The predicted octanol–water partition coefficient (Wildman–Crippen LogP) is 1.52. The van der Waals surface area contributed by atoms with Gasteiger partial charge in [0.1, 0.15) is 6.10 Å². The molecule has 1 N–H and O–H groups in total. The molecule has 23 heavy (non-hydrogen) atoms. The molecule has 0 radical (unpaired) electrons. The molecule has 5 heteroatoms. The molecule has 3 aliphatic rings. The van der Waals surface area contributed by atoms with E-state index in [0.29, 0.717) is 5.56 Å². The van der Waals surface area contributed by atoms with Crippen molar-refractivity contribution in [2.75, 3.05) is 32.8 Å². The van der Waals surface area contributed by atoms with Crippen molar-refractivity contribution in [3.8, 4) is 0 Å². The summed E-state index contributed by atoms with van der Waals surface area (Å²) in [6, 6.07) is 6.06. The van der Waals surface area contributed by atoms with Crippen LogP contribution in [0.2, 0.25) is 0 Å². The van der Waals surface area contributed by atoms with Gasteiger partial charge in [0.05, 0.1) is 23.8 Å². The summed E-state index contributed by atoms with van der Waals surface area (Å²) in [5.74, 6) is -0.204. The summed E-state index contributed by atoms with van der Waals surface area (Å²) in [6.07, 6.45) is 0.821. The highest BCUT2D eigenvalue weighted by Gasteiger charge is 2.40. The van der Waals surface area contributed by atoms with E-state index in [1.54, 1.807) is 0 Å². The lowest BCUT2D eigenvalue weighted by molar-refractivity contribution is -0.115. The molecule has 2 unspecified atom stereocenters. The second-order valence-corrected chi connectivity index (χ2v) is 7.26. The second kappa shape index (κ2) is 5.58. The summed E-state index contributed by atoms with van der Waals surface area (Å²) in [5, 5.41) is 3.46. The fourth-order valence-corrected chi connectivity index (χ4v) is 3.92. The molecule has 3 aliphatic heterocycles. The van der Waals surface area contributed by atoms with Gasteiger partial charge in [-0.15, -0.1) is 0 Å². The fraction of sp³-hybridized carbons (Fsp3) is 0.611. The topological polar surface area (TPSA) is 50.8 Å². The molecule has 3 atom stereocenters. The lowest BCUT2D eigenvalue weighted by Gasteiger charge is -2.50. The molecule has 0 spiro atoms. The van der Waals surface area contributed by atoms with Crippen LogP contribution in [0.5, 0.6) is 0 Å². The van der Waals surface area contributed by atoms with Gasteiger partial charge in [-0.1, -0.05) is 12.1 Å². The first kappa shape index (κ1) is 15.1. The Hall–Kier alpha value is -1.43. The number of piperazine rings is 1. The van der Waals surface area contributed by atoms with Crippen LogP contribution in [0.3, 0.4) is 0 Å². The lowest BCUT2D eigenvalue weighted by atomic mass is 9.91. The molecule has 4 rings (SSSR count). The maximum atomic E-state index is 11.9. The van der Waals surface area contributed by atoms with Gasteiger partial charge in [0.15, 0.2) is 0 Å². The van der Waals surface area contributed by atoms with E-state index < -0.39 is 0 Å². The van der Waals surface area contributed by atoms with Crippen molar-refractivity contribution in [3.63, 3.8) is 0 Å². The Balaban J connectivity index is 1.57. The molecule has 5 nitrogen and oxygen atoms in total. The number of rotatable bonds is 1. The molecule has 0 aliphatic carbocycles. The molecule has 0 saturated carbocycles.